The lowest BCUT2D eigenvalue weighted by Crippen LogP contribution is -2.48. The van der Waals surface area contributed by atoms with Gasteiger partial charge in [0, 0.05) is 27.8 Å². The molecule has 3 atom stereocenters. The molecule has 26 heavy (non-hydrogen) atoms. The summed E-state index contributed by atoms with van der Waals surface area (Å²) in [6.45, 7) is 6.30. The third-order valence-electron chi connectivity index (χ3n) is 5.12. The van der Waals surface area contributed by atoms with E-state index in [1.165, 1.54) is 7.11 Å². The Morgan fingerprint density at radius 1 is 1.38 bits per heavy atom. The van der Waals surface area contributed by atoms with Crippen molar-refractivity contribution in [2.24, 2.45) is 0 Å². The van der Waals surface area contributed by atoms with Crippen LogP contribution in [0.25, 0.3) is 0 Å². The minimum Gasteiger partial charge on any atom is -0.496 e. The number of nitrogens with one attached hydrogen (secondary N) is 1. The third kappa shape index (κ3) is 4.96. The normalized spacial score (nSPS) is 26.2. The van der Waals surface area contributed by atoms with Crippen molar-refractivity contribution in [2.45, 2.75) is 69.1 Å². The van der Waals surface area contributed by atoms with Crippen molar-refractivity contribution in [2.75, 3.05) is 12.9 Å². The van der Waals surface area contributed by atoms with E-state index in [0.29, 0.717) is 22.0 Å². The minimum atomic E-state index is -4.25. The fourth-order valence-electron chi connectivity index (χ4n) is 3.64. The van der Waals surface area contributed by atoms with E-state index in [-0.39, 0.29) is 11.6 Å². The summed E-state index contributed by atoms with van der Waals surface area (Å²) in [6.07, 6.45) is 3.56. The highest BCUT2D eigenvalue weighted by atomic mass is 32.2. The molecule has 0 aliphatic carbocycles. The number of hydrogen-bond acceptors (Lipinski definition) is 4. The van der Waals surface area contributed by atoms with Gasteiger partial charge in [-0.15, -0.1) is 0 Å². The van der Waals surface area contributed by atoms with Crippen LogP contribution in [0.5, 0.6) is 5.75 Å². The van der Waals surface area contributed by atoms with E-state index >= 15 is 0 Å². The van der Waals surface area contributed by atoms with Crippen LogP contribution in [0.15, 0.2) is 17.0 Å². The van der Waals surface area contributed by atoms with Gasteiger partial charge in [0.2, 0.25) is 0 Å². The second kappa shape index (κ2) is 8.53. The Bertz CT molecular complexity index is 720. The zero-order valence-electron chi connectivity index (χ0n) is 15.9. The summed E-state index contributed by atoms with van der Waals surface area (Å²) in [5.74, 6) is 0.929. The lowest BCUT2D eigenvalue weighted by atomic mass is 9.90. The molecule has 8 heteroatoms. The van der Waals surface area contributed by atoms with Crippen LogP contribution in [0.3, 0.4) is 0 Å². The van der Waals surface area contributed by atoms with E-state index < -0.39 is 24.6 Å². The van der Waals surface area contributed by atoms with E-state index in [1.54, 1.807) is 12.1 Å². The van der Waals surface area contributed by atoms with Gasteiger partial charge in [-0.3, -0.25) is 8.77 Å². The van der Waals surface area contributed by atoms with Crippen LogP contribution in [0.4, 0.5) is 0 Å². The molecule has 0 saturated heterocycles. The van der Waals surface area contributed by atoms with Gasteiger partial charge in [-0.2, -0.15) is 0 Å². The number of hydrogen-bond donors (Lipinski definition) is 3. The van der Waals surface area contributed by atoms with Crippen molar-refractivity contribution in [1.82, 2.24) is 5.32 Å². The quantitative estimate of drug-likeness (QED) is 0.603. The molecular weight excluding hydrogens is 373 g/mol. The molecule has 0 fully saturated rings. The van der Waals surface area contributed by atoms with Crippen LogP contribution < -0.4 is 10.1 Å². The standard InChI is InChI=1S/C18H30NO5PS/c1-5-7-8-18(6-2)12-26(23)17-9-14(11-25(20,21)22)16(24-4)10-15(17)13(3)19-18/h9-10,13,19H,5-8,11-12H2,1-4H3,(H2,20,21,22)/t13-,18-,26?/m1/s1. The molecule has 1 aliphatic rings. The Morgan fingerprint density at radius 3 is 2.62 bits per heavy atom. The Balaban J connectivity index is 2.50. The monoisotopic (exact) mass is 403 g/mol. The van der Waals surface area contributed by atoms with Gasteiger partial charge in [-0.05, 0) is 37.5 Å². The Labute approximate surface area is 158 Å². The van der Waals surface area contributed by atoms with E-state index in [2.05, 4.69) is 19.2 Å². The Hall–Kier alpha value is -0.720. The lowest BCUT2D eigenvalue weighted by molar-refractivity contribution is 0.288. The van der Waals surface area contributed by atoms with Gasteiger partial charge in [0.25, 0.3) is 0 Å². The van der Waals surface area contributed by atoms with Gasteiger partial charge < -0.3 is 19.8 Å². The summed E-state index contributed by atoms with van der Waals surface area (Å²) in [5.41, 5.74) is 1.08. The lowest BCUT2D eigenvalue weighted by Gasteiger charge is -2.34. The molecular formula is C18H30NO5PS. The van der Waals surface area contributed by atoms with Crippen LogP contribution >= 0.6 is 7.60 Å². The first-order chi connectivity index (χ1) is 12.1. The number of ether oxygens (including phenoxy) is 1. The van der Waals surface area contributed by atoms with Crippen LogP contribution in [-0.2, 0) is 21.5 Å². The summed E-state index contributed by atoms with van der Waals surface area (Å²) in [5, 5.41) is 3.68. The molecule has 6 nitrogen and oxygen atoms in total. The maximum absolute atomic E-state index is 13.1. The number of benzene rings is 1. The zero-order chi connectivity index (χ0) is 19.5. The summed E-state index contributed by atoms with van der Waals surface area (Å²) < 4.78 is 30.0. The van der Waals surface area contributed by atoms with Crippen molar-refractivity contribution < 1.29 is 23.3 Å². The SMILES string of the molecule is CCCC[C@]1(CC)CS(=O)c2cc(CP(=O)(O)O)c(OC)cc2[C@@H](C)N1. The van der Waals surface area contributed by atoms with Crippen molar-refractivity contribution in [3.63, 3.8) is 0 Å². The largest absolute Gasteiger partial charge is 0.496 e. The average Bonchev–Trinajstić information content (AvgIpc) is 2.66. The van der Waals surface area contributed by atoms with Gasteiger partial charge in [-0.1, -0.05) is 26.7 Å². The van der Waals surface area contributed by atoms with E-state index in [0.717, 1.165) is 31.2 Å². The molecule has 0 spiro atoms. The molecule has 0 amide bonds. The molecule has 1 aliphatic heterocycles. The maximum Gasteiger partial charge on any atom is 0.330 e. The van der Waals surface area contributed by atoms with Crippen LogP contribution in [0, 0.1) is 0 Å². The van der Waals surface area contributed by atoms with Crippen molar-refractivity contribution >= 4 is 18.4 Å². The molecule has 3 N–H and O–H groups in total. The van der Waals surface area contributed by atoms with Crippen LogP contribution in [0.1, 0.15) is 63.6 Å². The van der Waals surface area contributed by atoms with Crippen LogP contribution in [0.2, 0.25) is 0 Å². The van der Waals surface area contributed by atoms with Crippen molar-refractivity contribution in [3.8, 4) is 5.75 Å². The van der Waals surface area contributed by atoms with Crippen molar-refractivity contribution in [1.29, 1.82) is 0 Å². The molecule has 0 saturated carbocycles. The highest BCUT2D eigenvalue weighted by molar-refractivity contribution is 7.85. The summed E-state index contributed by atoms with van der Waals surface area (Å²) >= 11 is 0. The first-order valence-corrected chi connectivity index (χ1v) is 12.2. The fraction of sp³-hybridized carbons (Fsp3) is 0.667. The fourth-order valence-corrected chi connectivity index (χ4v) is 6.19. The highest BCUT2D eigenvalue weighted by Gasteiger charge is 2.37. The molecule has 1 heterocycles. The smallest absolute Gasteiger partial charge is 0.330 e. The molecule has 0 bridgehead atoms. The number of fused-ring (bicyclic) bond motifs is 1. The van der Waals surface area contributed by atoms with E-state index in [9.17, 15) is 18.6 Å². The second-order valence-electron chi connectivity index (χ2n) is 7.12. The number of unbranched alkanes of at least 4 members (excludes halogenated alkanes) is 1. The topological polar surface area (TPSA) is 95.9 Å². The Morgan fingerprint density at radius 2 is 2.08 bits per heavy atom. The summed E-state index contributed by atoms with van der Waals surface area (Å²) in [6, 6.07) is 3.42. The van der Waals surface area contributed by atoms with Gasteiger partial charge in [-0.25, -0.2) is 0 Å². The summed E-state index contributed by atoms with van der Waals surface area (Å²) in [7, 11) is -4.02. The van der Waals surface area contributed by atoms with Crippen LogP contribution in [-0.4, -0.2) is 32.4 Å². The summed E-state index contributed by atoms with van der Waals surface area (Å²) in [4.78, 5) is 19.4. The minimum absolute atomic E-state index is 0.0220. The predicted molar refractivity (Wildman–Crippen MR) is 104 cm³/mol. The van der Waals surface area contributed by atoms with E-state index in [4.69, 9.17) is 4.74 Å². The number of rotatable bonds is 7. The first kappa shape index (κ1) is 21.6. The van der Waals surface area contributed by atoms with Gasteiger partial charge in [0.15, 0.2) is 0 Å². The van der Waals surface area contributed by atoms with Gasteiger partial charge in [0.1, 0.15) is 5.75 Å². The molecule has 1 unspecified atom stereocenters. The van der Waals surface area contributed by atoms with Gasteiger partial charge in [0.05, 0.1) is 24.1 Å². The highest BCUT2D eigenvalue weighted by Crippen LogP contribution is 2.44. The average molecular weight is 403 g/mol. The third-order valence-corrected chi connectivity index (χ3v) is 7.53. The Kier molecular flexibility index (Phi) is 7.08. The first-order valence-electron chi connectivity index (χ1n) is 9.06. The second-order valence-corrected chi connectivity index (χ2v) is 10.2. The molecule has 1 aromatic rings. The molecule has 148 valence electrons. The molecule has 0 aromatic heterocycles. The van der Waals surface area contributed by atoms with Gasteiger partial charge >= 0.3 is 7.60 Å². The maximum atomic E-state index is 13.1. The zero-order valence-corrected chi connectivity index (χ0v) is 17.7. The predicted octanol–water partition coefficient (Wildman–Crippen LogP) is 3.48. The van der Waals surface area contributed by atoms with Crippen molar-refractivity contribution in [3.05, 3.63) is 23.3 Å². The molecule has 1 aromatic carbocycles. The molecule has 0 radical (unpaired) electrons. The molecule has 2 rings (SSSR count). The van der Waals surface area contributed by atoms with E-state index in [1.807, 2.05) is 6.92 Å². The number of methoxy groups -OCH3 is 1.